The third kappa shape index (κ3) is 2.99. The lowest BCUT2D eigenvalue weighted by molar-refractivity contribution is -0.160. The van der Waals surface area contributed by atoms with Crippen molar-refractivity contribution >= 4 is 11.9 Å². The fourth-order valence-electron chi connectivity index (χ4n) is 0.764. The quantitative estimate of drug-likeness (QED) is 0.644. The third-order valence-corrected chi connectivity index (χ3v) is 2.07. The normalized spacial score (nSPS) is 17.3. The molecule has 0 radical (unpaired) electrons. The first kappa shape index (κ1) is 12.9. The van der Waals surface area contributed by atoms with Crippen molar-refractivity contribution in [2.75, 3.05) is 0 Å². The molecule has 0 aromatic heterocycles. The van der Waals surface area contributed by atoms with Gasteiger partial charge in [0.05, 0.1) is 12.0 Å². The van der Waals surface area contributed by atoms with Gasteiger partial charge >= 0.3 is 11.9 Å². The number of carbonyl (C=O) groups excluding carboxylic acids is 1. The Hall–Kier alpha value is -1.10. The maximum absolute atomic E-state index is 11.3. The van der Waals surface area contributed by atoms with Gasteiger partial charge in [-0.1, -0.05) is 0 Å². The van der Waals surface area contributed by atoms with Crippen LogP contribution in [0.3, 0.4) is 0 Å². The molecule has 0 aromatic carbocycles. The first-order valence-corrected chi connectivity index (χ1v) is 4.42. The molecule has 82 valence electrons. The monoisotopic (exact) mass is 203 g/mol. The number of carboxylic acids is 1. The molecule has 0 saturated heterocycles. The van der Waals surface area contributed by atoms with Crippen molar-refractivity contribution < 1.29 is 19.4 Å². The van der Waals surface area contributed by atoms with Crippen molar-refractivity contribution in [2.24, 2.45) is 11.7 Å². The average molecular weight is 203 g/mol. The zero-order valence-corrected chi connectivity index (χ0v) is 8.90. The first-order chi connectivity index (χ1) is 6.19. The lowest BCUT2D eigenvalue weighted by Crippen LogP contribution is -2.53. The Labute approximate surface area is 83.2 Å². The summed E-state index contributed by atoms with van der Waals surface area (Å²) in [6.07, 6.45) is -0.269. The Bertz CT molecular complexity index is 235. The van der Waals surface area contributed by atoms with Gasteiger partial charge in [0, 0.05) is 0 Å². The van der Waals surface area contributed by atoms with Gasteiger partial charge in [0.25, 0.3) is 0 Å². The molecule has 0 amide bonds. The van der Waals surface area contributed by atoms with Gasteiger partial charge in [-0.25, -0.2) is 0 Å². The molecule has 0 aliphatic rings. The van der Waals surface area contributed by atoms with E-state index < -0.39 is 23.4 Å². The van der Waals surface area contributed by atoms with Crippen LogP contribution in [0.1, 0.15) is 27.7 Å². The zero-order chi connectivity index (χ0) is 11.5. The van der Waals surface area contributed by atoms with E-state index in [4.69, 9.17) is 15.6 Å². The highest BCUT2D eigenvalue weighted by molar-refractivity contribution is 5.86. The van der Waals surface area contributed by atoms with E-state index in [0.717, 1.165) is 0 Å². The van der Waals surface area contributed by atoms with E-state index in [1.807, 2.05) is 0 Å². The van der Waals surface area contributed by atoms with Crippen LogP contribution in [-0.4, -0.2) is 28.7 Å². The standard InChI is InChI=1S/C9H17NO4/c1-5(2)14-7(11)6(3)9(4,10)8(12)13/h5-6H,10H2,1-4H3,(H,12,13)/t6-,9+/m1/s1. The predicted molar refractivity (Wildman–Crippen MR) is 50.6 cm³/mol. The second-order valence-electron chi connectivity index (χ2n) is 3.80. The number of hydrogen-bond donors (Lipinski definition) is 2. The number of nitrogens with two attached hydrogens (primary N) is 1. The molecule has 0 saturated carbocycles. The minimum atomic E-state index is -1.59. The summed E-state index contributed by atoms with van der Waals surface area (Å²) in [6.45, 7) is 6.12. The molecule has 0 aliphatic heterocycles. The summed E-state index contributed by atoms with van der Waals surface area (Å²) in [5.41, 5.74) is 3.89. The number of hydrogen-bond acceptors (Lipinski definition) is 4. The van der Waals surface area contributed by atoms with Gasteiger partial charge in [0.2, 0.25) is 0 Å². The Morgan fingerprint density at radius 3 is 2.07 bits per heavy atom. The van der Waals surface area contributed by atoms with Crippen molar-refractivity contribution in [1.82, 2.24) is 0 Å². The smallest absolute Gasteiger partial charge is 0.324 e. The SMILES string of the molecule is CC(C)OC(=O)[C@@H](C)[C@](C)(N)C(=O)O. The molecular weight excluding hydrogens is 186 g/mol. The van der Waals surface area contributed by atoms with E-state index >= 15 is 0 Å². The molecule has 5 heteroatoms. The highest BCUT2D eigenvalue weighted by Gasteiger charge is 2.40. The molecule has 0 unspecified atom stereocenters. The lowest BCUT2D eigenvalue weighted by Gasteiger charge is -2.25. The fourth-order valence-corrected chi connectivity index (χ4v) is 0.764. The van der Waals surface area contributed by atoms with Gasteiger partial charge < -0.3 is 15.6 Å². The summed E-state index contributed by atoms with van der Waals surface area (Å²) in [7, 11) is 0. The van der Waals surface area contributed by atoms with Gasteiger partial charge in [-0.15, -0.1) is 0 Å². The minimum Gasteiger partial charge on any atom is -0.480 e. The summed E-state index contributed by atoms with van der Waals surface area (Å²) in [5.74, 6) is -2.68. The van der Waals surface area contributed by atoms with E-state index in [9.17, 15) is 9.59 Å². The van der Waals surface area contributed by atoms with E-state index in [2.05, 4.69) is 0 Å². The average Bonchev–Trinajstić information content (AvgIpc) is 2.01. The van der Waals surface area contributed by atoms with Gasteiger partial charge in [0.15, 0.2) is 0 Å². The molecule has 0 aliphatic carbocycles. The largest absolute Gasteiger partial charge is 0.480 e. The molecule has 0 aromatic rings. The molecule has 2 atom stereocenters. The number of ether oxygens (including phenoxy) is 1. The Balaban J connectivity index is 4.53. The molecule has 5 nitrogen and oxygen atoms in total. The highest BCUT2D eigenvalue weighted by atomic mass is 16.5. The molecule has 0 fully saturated rings. The number of rotatable bonds is 4. The van der Waals surface area contributed by atoms with Gasteiger partial charge in [-0.05, 0) is 27.7 Å². The summed E-state index contributed by atoms with van der Waals surface area (Å²) in [4.78, 5) is 22.1. The summed E-state index contributed by atoms with van der Waals surface area (Å²) in [5, 5.41) is 8.76. The molecular formula is C9H17NO4. The molecule has 0 rings (SSSR count). The number of carbonyl (C=O) groups is 2. The van der Waals surface area contributed by atoms with Gasteiger partial charge in [-0.3, -0.25) is 9.59 Å². The second kappa shape index (κ2) is 4.41. The van der Waals surface area contributed by atoms with Crippen molar-refractivity contribution in [1.29, 1.82) is 0 Å². The van der Waals surface area contributed by atoms with Crippen LogP contribution in [0, 0.1) is 5.92 Å². The minimum absolute atomic E-state index is 0.269. The zero-order valence-electron chi connectivity index (χ0n) is 8.90. The van der Waals surface area contributed by atoms with Crippen LogP contribution in [0.25, 0.3) is 0 Å². The maximum Gasteiger partial charge on any atom is 0.324 e. The number of carboxylic acid groups (broad SMARTS) is 1. The van der Waals surface area contributed by atoms with Crippen LogP contribution in [0.2, 0.25) is 0 Å². The summed E-state index contributed by atoms with van der Waals surface area (Å²) in [6, 6.07) is 0. The van der Waals surface area contributed by atoms with E-state index in [0.29, 0.717) is 0 Å². The van der Waals surface area contributed by atoms with Crippen molar-refractivity contribution in [3.05, 3.63) is 0 Å². The fraction of sp³-hybridized carbons (Fsp3) is 0.778. The van der Waals surface area contributed by atoms with Crippen LogP contribution in [-0.2, 0) is 14.3 Å². The van der Waals surface area contributed by atoms with Crippen LogP contribution >= 0.6 is 0 Å². The first-order valence-electron chi connectivity index (χ1n) is 4.42. The molecule has 14 heavy (non-hydrogen) atoms. The van der Waals surface area contributed by atoms with Crippen LogP contribution in [0.5, 0.6) is 0 Å². The van der Waals surface area contributed by atoms with Crippen LogP contribution in [0.4, 0.5) is 0 Å². The lowest BCUT2D eigenvalue weighted by atomic mass is 9.88. The topological polar surface area (TPSA) is 89.6 Å². The van der Waals surface area contributed by atoms with E-state index in [1.54, 1.807) is 13.8 Å². The molecule has 0 spiro atoms. The summed E-state index contributed by atoms with van der Waals surface area (Å²) >= 11 is 0. The number of esters is 1. The number of aliphatic carboxylic acids is 1. The van der Waals surface area contributed by atoms with Crippen molar-refractivity contribution in [3.8, 4) is 0 Å². The Morgan fingerprint density at radius 1 is 1.36 bits per heavy atom. The Kier molecular flexibility index (Phi) is 4.07. The predicted octanol–water partition coefficient (Wildman–Crippen LogP) is 0.376. The van der Waals surface area contributed by atoms with E-state index in [1.165, 1.54) is 13.8 Å². The van der Waals surface area contributed by atoms with Crippen LogP contribution in [0.15, 0.2) is 0 Å². The third-order valence-electron chi connectivity index (χ3n) is 2.07. The molecule has 0 bridgehead atoms. The van der Waals surface area contributed by atoms with Crippen LogP contribution < -0.4 is 5.73 Å². The van der Waals surface area contributed by atoms with Crippen molar-refractivity contribution in [3.63, 3.8) is 0 Å². The molecule has 3 N–H and O–H groups in total. The van der Waals surface area contributed by atoms with Gasteiger partial charge in [0.1, 0.15) is 5.54 Å². The highest BCUT2D eigenvalue weighted by Crippen LogP contribution is 2.16. The molecule has 0 heterocycles. The van der Waals surface area contributed by atoms with Gasteiger partial charge in [-0.2, -0.15) is 0 Å². The van der Waals surface area contributed by atoms with E-state index in [-0.39, 0.29) is 6.10 Å². The Morgan fingerprint density at radius 2 is 1.79 bits per heavy atom. The maximum atomic E-state index is 11.3. The van der Waals surface area contributed by atoms with Crippen molar-refractivity contribution in [2.45, 2.75) is 39.3 Å². The summed E-state index contributed by atoms with van der Waals surface area (Å²) < 4.78 is 4.87. The second-order valence-corrected chi connectivity index (χ2v) is 3.80.